The number of halogens is 2. The molecule has 23 heavy (non-hydrogen) atoms. The van der Waals surface area contributed by atoms with Crippen molar-refractivity contribution < 1.29 is 8.78 Å². The maximum Gasteiger partial charge on any atom is 0.123 e. The van der Waals surface area contributed by atoms with Crippen LogP contribution in [-0.2, 0) is 0 Å². The number of hydrogen-bond acceptors (Lipinski definition) is 1. The molecular formula is C20H25F2N. The maximum atomic E-state index is 13.2. The van der Waals surface area contributed by atoms with E-state index in [9.17, 15) is 8.78 Å². The molecule has 0 fully saturated rings. The van der Waals surface area contributed by atoms with Crippen LogP contribution in [-0.4, -0.2) is 6.54 Å². The third-order valence-corrected chi connectivity index (χ3v) is 4.24. The largest absolute Gasteiger partial charge is 0.330 e. The van der Waals surface area contributed by atoms with Crippen molar-refractivity contribution >= 4 is 0 Å². The summed E-state index contributed by atoms with van der Waals surface area (Å²) in [7, 11) is 0. The van der Waals surface area contributed by atoms with Crippen LogP contribution < -0.4 is 5.73 Å². The zero-order valence-electron chi connectivity index (χ0n) is 13.5. The highest BCUT2D eigenvalue weighted by atomic mass is 19.1. The Kier molecular flexibility index (Phi) is 7.21. The molecular weight excluding hydrogens is 292 g/mol. The van der Waals surface area contributed by atoms with E-state index in [1.54, 1.807) is 0 Å². The average Bonchev–Trinajstić information content (AvgIpc) is 2.57. The van der Waals surface area contributed by atoms with Gasteiger partial charge in [0.2, 0.25) is 0 Å². The Hall–Kier alpha value is -1.74. The van der Waals surface area contributed by atoms with Crippen molar-refractivity contribution in [3.8, 4) is 0 Å². The molecule has 0 bridgehead atoms. The van der Waals surface area contributed by atoms with Gasteiger partial charge in [0.25, 0.3) is 0 Å². The van der Waals surface area contributed by atoms with E-state index in [0.717, 1.165) is 36.9 Å². The van der Waals surface area contributed by atoms with Gasteiger partial charge < -0.3 is 5.73 Å². The van der Waals surface area contributed by atoms with Crippen LogP contribution in [0.15, 0.2) is 48.5 Å². The second kappa shape index (κ2) is 9.41. The van der Waals surface area contributed by atoms with E-state index in [-0.39, 0.29) is 17.6 Å². The first-order valence-corrected chi connectivity index (χ1v) is 8.41. The molecule has 2 aromatic rings. The van der Waals surface area contributed by atoms with Crippen molar-refractivity contribution in [2.75, 3.05) is 6.54 Å². The summed E-state index contributed by atoms with van der Waals surface area (Å²) in [4.78, 5) is 0. The van der Waals surface area contributed by atoms with Crippen molar-refractivity contribution in [3.05, 3.63) is 71.3 Å². The van der Waals surface area contributed by atoms with Gasteiger partial charge in [-0.25, -0.2) is 8.78 Å². The Morgan fingerprint density at radius 1 is 0.652 bits per heavy atom. The molecule has 0 aliphatic rings. The number of hydrogen-bond donors (Lipinski definition) is 1. The molecule has 1 nitrogen and oxygen atoms in total. The summed E-state index contributed by atoms with van der Waals surface area (Å²) >= 11 is 0. The van der Waals surface area contributed by atoms with E-state index in [0.29, 0.717) is 0 Å². The summed E-state index contributed by atoms with van der Waals surface area (Å²) in [5.41, 5.74) is 7.67. The van der Waals surface area contributed by atoms with Crippen LogP contribution in [0, 0.1) is 11.6 Å². The fraction of sp³-hybridized carbons (Fsp3) is 0.400. The van der Waals surface area contributed by atoms with E-state index in [1.807, 2.05) is 24.3 Å². The Morgan fingerprint density at radius 2 is 1.09 bits per heavy atom. The number of nitrogens with two attached hydrogens (primary N) is 1. The first-order valence-electron chi connectivity index (χ1n) is 8.41. The van der Waals surface area contributed by atoms with E-state index in [1.165, 1.54) is 43.5 Å². The lowest BCUT2D eigenvalue weighted by molar-refractivity contribution is 0.571. The fourth-order valence-electron chi connectivity index (χ4n) is 2.94. The normalized spacial score (nSPS) is 11.1. The molecule has 0 radical (unpaired) electrons. The van der Waals surface area contributed by atoms with Gasteiger partial charge in [0.15, 0.2) is 0 Å². The lowest BCUT2D eigenvalue weighted by Crippen LogP contribution is -2.02. The topological polar surface area (TPSA) is 26.0 Å². The van der Waals surface area contributed by atoms with Gasteiger partial charge in [0, 0.05) is 5.92 Å². The standard InChI is InChI=1S/C20H25F2N/c21-18-11-7-16(8-12-18)20(6-4-2-1-3-5-15-23)17-9-13-19(22)14-10-17/h7-14,20H,1-6,15,23H2. The minimum Gasteiger partial charge on any atom is -0.330 e. The van der Waals surface area contributed by atoms with E-state index >= 15 is 0 Å². The van der Waals surface area contributed by atoms with Crippen LogP contribution in [0.2, 0.25) is 0 Å². The minimum atomic E-state index is -0.228. The maximum absolute atomic E-state index is 13.2. The molecule has 0 unspecified atom stereocenters. The number of rotatable bonds is 9. The van der Waals surface area contributed by atoms with Gasteiger partial charge in [-0.05, 0) is 54.8 Å². The monoisotopic (exact) mass is 317 g/mol. The molecule has 0 spiro atoms. The lowest BCUT2D eigenvalue weighted by atomic mass is 9.86. The third kappa shape index (κ3) is 5.76. The molecule has 0 aromatic heterocycles. The van der Waals surface area contributed by atoms with E-state index in [4.69, 9.17) is 5.73 Å². The summed E-state index contributed by atoms with van der Waals surface area (Å²) in [6, 6.07) is 13.3. The highest BCUT2D eigenvalue weighted by molar-refractivity contribution is 5.32. The van der Waals surface area contributed by atoms with Gasteiger partial charge in [0.1, 0.15) is 11.6 Å². The smallest absolute Gasteiger partial charge is 0.123 e. The summed E-state index contributed by atoms with van der Waals surface area (Å²) in [6.07, 6.45) is 6.70. The summed E-state index contributed by atoms with van der Waals surface area (Å²) in [5.74, 6) is -0.271. The number of unbranched alkanes of at least 4 members (excludes halogenated alkanes) is 4. The van der Waals surface area contributed by atoms with E-state index in [2.05, 4.69) is 0 Å². The molecule has 124 valence electrons. The Bertz CT molecular complexity index is 518. The molecule has 3 heteroatoms. The van der Waals surface area contributed by atoms with Crippen molar-refractivity contribution in [2.24, 2.45) is 5.73 Å². The quantitative estimate of drug-likeness (QED) is 0.616. The molecule has 0 saturated carbocycles. The molecule has 0 amide bonds. The van der Waals surface area contributed by atoms with Crippen molar-refractivity contribution in [1.29, 1.82) is 0 Å². The van der Waals surface area contributed by atoms with Crippen molar-refractivity contribution in [3.63, 3.8) is 0 Å². The third-order valence-electron chi connectivity index (χ3n) is 4.24. The van der Waals surface area contributed by atoms with Gasteiger partial charge in [-0.3, -0.25) is 0 Å². The fourth-order valence-corrected chi connectivity index (χ4v) is 2.94. The van der Waals surface area contributed by atoms with Crippen LogP contribution >= 0.6 is 0 Å². The zero-order chi connectivity index (χ0) is 16.5. The van der Waals surface area contributed by atoms with Gasteiger partial charge in [-0.1, -0.05) is 49.9 Å². The molecule has 0 aliphatic carbocycles. The molecule has 2 rings (SSSR count). The highest BCUT2D eigenvalue weighted by Gasteiger charge is 2.14. The van der Waals surface area contributed by atoms with Crippen LogP contribution in [0.1, 0.15) is 55.6 Å². The second-order valence-corrected chi connectivity index (χ2v) is 6.00. The van der Waals surface area contributed by atoms with Gasteiger partial charge >= 0.3 is 0 Å². The highest BCUT2D eigenvalue weighted by Crippen LogP contribution is 2.30. The Morgan fingerprint density at radius 3 is 1.57 bits per heavy atom. The number of benzene rings is 2. The van der Waals surface area contributed by atoms with Crippen LogP contribution in [0.5, 0.6) is 0 Å². The predicted molar refractivity (Wildman–Crippen MR) is 91.4 cm³/mol. The molecule has 2 N–H and O–H groups in total. The first kappa shape index (κ1) is 17.6. The van der Waals surface area contributed by atoms with Crippen molar-refractivity contribution in [2.45, 2.75) is 44.4 Å². The molecule has 0 aliphatic heterocycles. The predicted octanol–water partition coefficient (Wildman–Crippen LogP) is 5.40. The average molecular weight is 317 g/mol. The van der Waals surface area contributed by atoms with Crippen LogP contribution in [0.3, 0.4) is 0 Å². The van der Waals surface area contributed by atoms with Crippen LogP contribution in [0.25, 0.3) is 0 Å². The lowest BCUT2D eigenvalue weighted by Gasteiger charge is -2.18. The Balaban J connectivity index is 2.02. The van der Waals surface area contributed by atoms with Gasteiger partial charge in [0.05, 0.1) is 0 Å². The summed E-state index contributed by atoms with van der Waals surface area (Å²) in [5, 5.41) is 0. The molecule has 2 aromatic carbocycles. The summed E-state index contributed by atoms with van der Waals surface area (Å²) < 4.78 is 26.3. The molecule has 0 heterocycles. The minimum absolute atomic E-state index is 0.186. The van der Waals surface area contributed by atoms with Gasteiger partial charge in [-0.15, -0.1) is 0 Å². The summed E-state index contributed by atoms with van der Waals surface area (Å²) in [6.45, 7) is 0.758. The van der Waals surface area contributed by atoms with Gasteiger partial charge in [-0.2, -0.15) is 0 Å². The molecule has 0 saturated heterocycles. The first-order chi connectivity index (χ1) is 11.2. The zero-order valence-corrected chi connectivity index (χ0v) is 13.5. The second-order valence-electron chi connectivity index (χ2n) is 6.00. The Labute approximate surface area is 137 Å². The van der Waals surface area contributed by atoms with E-state index < -0.39 is 0 Å². The molecule has 0 atom stereocenters. The SMILES string of the molecule is NCCCCCCCC(c1ccc(F)cc1)c1ccc(F)cc1. The van der Waals surface area contributed by atoms with Crippen molar-refractivity contribution in [1.82, 2.24) is 0 Å². The van der Waals surface area contributed by atoms with Crippen LogP contribution in [0.4, 0.5) is 8.78 Å².